The molecule has 3 aromatic rings. The fourth-order valence-electron chi connectivity index (χ4n) is 10.1. The summed E-state index contributed by atoms with van der Waals surface area (Å²) in [6.45, 7) is 12.6. The van der Waals surface area contributed by atoms with E-state index in [9.17, 15) is 29.2 Å². The number of rotatable bonds is 9. The van der Waals surface area contributed by atoms with E-state index < -0.39 is 23.8 Å². The number of nitrogens with zero attached hydrogens (tertiary/aromatic N) is 4. The number of carbonyl (C=O) groups is 5. The van der Waals surface area contributed by atoms with Crippen molar-refractivity contribution >= 4 is 46.8 Å². The molecule has 2 N–H and O–H groups in total. The zero-order valence-electron chi connectivity index (χ0n) is 32.7. The predicted molar refractivity (Wildman–Crippen MR) is 213 cm³/mol. The van der Waals surface area contributed by atoms with Crippen molar-refractivity contribution in [2.75, 3.05) is 24.5 Å². The minimum Gasteiger partial charge on any atom is -0.489 e. The Morgan fingerprint density at radius 1 is 0.912 bits per heavy atom. The van der Waals surface area contributed by atoms with Gasteiger partial charge in [0.1, 0.15) is 24.0 Å². The summed E-state index contributed by atoms with van der Waals surface area (Å²) in [6.07, 6.45) is 3.26. The van der Waals surface area contributed by atoms with Gasteiger partial charge in [0.2, 0.25) is 11.8 Å². The van der Waals surface area contributed by atoms with Crippen molar-refractivity contribution in [2.45, 2.75) is 91.1 Å². The first-order chi connectivity index (χ1) is 27.1. The van der Waals surface area contributed by atoms with Gasteiger partial charge in [-0.1, -0.05) is 39.3 Å². The van der Waals surface area contributed by atoms with Crippen molar-refractivity contribution < 1.29 is 28.7 Å². The second kappa shape index (κ2) is 14.6. The van der Waals surface area contributed by atoms with Gasteiger partial charge in [0.25, 0.3) is 17.7 Å². The van der Waals surface area contributed by atoms with Crippen LogP contribution in [0.1, 0.15) is 108 Å². The lowest BCUT2D eigenvalue weighted by atomic mass is 9.49. The van der Waals surface area contributed by atoms with Crippen LogP contribution in [-0.4, -0.2) is 77.2 Å². The number of carbonyl (C=O) groups excluding carboxylic acids is 5. The zero-order valence-corrected chi connectivity index (χ0v) is 33.4. The smallest absolute Gasteiger partial charge is 0.262 e. The van der Waals surface area contributed by atoms with Crippen LogP contribution >= 0.6 is 11.6 Å². The van der Waals surface area contributed by atoms with E-state index >= 15 is 0 Å². The van der Waals surface area contributed by atoms with Crippen molar-refractivity contribution in [1.82, 2.24) is 20.4 Å². The highest BCUT2D eigenvalue weighted by atomic mass is 35.5. The highest BCUT2D eigenvalue weighted by Crippen LogP contribution is 2.55. The summed E-state index contributed by atoms with van der Waals surface area (Å²) < 4.78 is 6.38. The molecule has 1 atom stereocenters. The second-order valence-corrected chi connectivity index (χ2v) is 17.8. The lowest BCUT2D eigenvalue weighted by molar-refractivity contribution is -0.164. The number of benzene rings is 3. The molecule has 0 radical (unpaired) electrons. The van der Waals surface area contributed by atoms with Crippen LogP contribution in [0.25, 0.3) is 0 Å². The van der Waals surface area contributed by atoms with Gasteiger partial charge in [-0.15, -0.1) is 0 Å². The van der Waals surface area contributed by atoms with Crippen LogP contribution in [0.15, 0.2) is 54.6 Å². The first-order valence-corrected chi connectivity index (χ1v) is 20.2. The van der Waals surface area contributed by atoms with Crippen molar-refractivity contribution in [3.05, 3.63) is 93.0 Å². The van der Waals surface area contributed by atoms with Crippen LogP contribution in [-0.2, 0) is 22.7 Å². The highest BCUT2D eigenvalue weighted by Gasteiger charge is 2.64. The zero-order chi connectivity index (χ0) is 40.4. The average Bonchev–Trinajstić information content (AvgIpc) is 3.70. The predicted octanol–water partition coefficient (Wildman–Crippen LogP) is 5.85. The van der Waals surface area contributed by atoms with Gasteiger partial charge in [-0.05, 0) is 97.8 Å². The number of nitrogens with one attached hydrogen (secondary N) is 2. The highest BCUT2D eigenvalue weighted by molar-refractivity contribution is 6.31. The van der Waals surface area contributed by atoms with E-state index in [0.29, 0.717) is 52.0 Å². The van der Waals surface area contributed by atoms with Gasteiger partial charge in [-0.3, -0.25) is 39.1 Å². The summed E-state index contributed by atoms with van der Waals surface area (Å²) in [5, 5.41) is 15.1. The molecule has 1 aliphatic carbocycles. The number of hydrogen-bond donors (Lipinski definition) is 2. The summed E-state index contributed by atoms with van der Waals surface area (Å²) in [4.78, 5) is 69.9. The molecule has 2 saturated heterocycles. The molecule has 57 heavy (non-hydrogen) atoms. The molecular weight excluding hydrogens is 744 g/mol. The van der Waals surface area contributed by atoms with Gasteiger partial charge in [0.05, 0.1) is 21.7 Å². The van der Waals surface area contributed by atoms with Crippen molar-refractivity contribution in [2.24, 2.45) is 16.7 Å². The fraction of sp³-hybridized carbons (Fsp3) is 0.455. The number of imide groups is 2. The molecule has 0 aromatic heterocycles. The second-order valence-electron chi connectivity index (χ2n) is 17.4. The molecule has 296 valence electrons. The summed E-state index contributed by atoms with van der Waals surface area (Å²) in [6, 6.07) is 17.6. The Hall–Kier alpha value is -5.25. The summed E-state index contributed by atoms with van der Waals surface area (Å²) >= 11 is 6.25. The third kappa shape index (κ3) is 6.95. The summed E-state index contributed by atoms with van der Waals surface area (Å²) in [5.41, 5.74) is 4.16. The number of hydrogen-bond acceptors (Lipinski definition) is 9. The van der Waals surface area contributed by atoms with Crippen LogP contribution in [0.4, 0.5) is 5.69 Å². The van der Waals surface area contributed by atoms with Crippen LogP contribution in [0.3, 0.4) is 0 Å². The molecule has 1 saturated carbocycles. The molecule has 4 aliphatic heterocycles. The summed E-state index contributed by atoms with van der Waals surface area (Å²) in [5.74, 6) is -0.861. The van der Waals surface area contributed by atoms with Gasteiger partial charge in [0.15, 0.2) is 0 Å². The first kappa shape index (κ1) is 38.6. The fourth-order valence-corrected chi connectivity index (χ4v) is 10.3. The number of piperidine rings is 2. The van der Waals surface area contributed by atoms with Gasteiger partial charge < -0.3 is 15.0 Å². The minimum atomic E-state index is -0.961. The molecule has 5 aliphatic rings. The lowest BCUT2D eigenvalue weighted by Gasteiger charge is -2.63. The maximum absolute atomic E-state index is 13.5. The van der Waals surface area contributed by atoms with E-state index in [1.807, 2.05) is 36.4 Å². The molecule has 3 fully saturated rings. The Labute approximate surface area is 337 Å². The molecule has 0 bridgehead atoms. The SMILES string of the molecule is CC1(C)C(NC(=O)c2ccc(N3CCC(CCN4Cc5cc6c(cc5C4)C(=O)N([C@@H]4CCC(=O)NC4=O)C6=O)CC3)cc2)C(C)(C)C1Oc1ccc(C#N)c(Cl)c1. The number of anilines is 1. The summed E-state index contributed by atoms with van der Waals surface area (Å²) in [7, 11) is 0. The van der Waals surface area contributed by atoms with Crippen molar-refractivity contribution in [1.29, 1.82) is 5.26 Å². The molecule has 12 nitrogen and oxygen atoms in total. The topological polar surface area (TPSA) is 152 Å². The largest absolute Gasteiger partial charge is 0.489 e. The number of ether oxygens (including phenoxy) is 1. The first-order valence-electron chi connectivity index (χ1n) is 19.8. The molecule has 3 aromatic carbocycles. The third-order valence-corrected chi connectivity index (χ3v) is 13.3. The van der Waals surface area contributed by atoms with Gasteiger partial charge in [-0.2, -0.15) is 5.26 Å². The maximum atomic E-state index is 13.5. The monoisotopic (exact) mass is 790 g/mol. The Morgan fingerprint density at radius 3 is 2.12 bits per heavy atom. The van der Waals surface area contributed by atoms with Gasteiger partial charge >= 0.3 is 0 Å². The van der Waals surface area contributed by atoms with Crippen LogP contribution < -0.4 is 20.3 Å². The number of halogens is 1. The Balaban J connectivity index is 0.799. The van der Waals surface area contributed by atoms with E-state index in [0.717, 1.165) is 60.6 Å². The van der Waals surface area contributed by atoms with Gasteiger partial charge in [-0.25, -0.2) is 0 Å². The van der Waals surface area contributed by atoms with Crippen LogP contribution in [0.5, 0.6) is 5.75 Å². The molecule has 0 unspecified atom stereocenters. The molecule has 4 heterocycles. The van der Waals surface area contributed by atoms with E-state index in [2.05, 4.69) is 54.2 Å². The average molecular weight is 791 g/mol. The van der Waals surface area contributed by atoms with Crippen LogP contribution in [0, 0.1) is 28.1 Å². The number of nitriles is 1. The van der Waals surface area contributed by atoms with Crippen molar-refractivity contribution in [3.8, 4) is 11.8 Å². The Kier molecular flexibility index (Phi) is 9.89. The van der Waals surface area contributed by atoms with Gasteiger partial charge in [0, 0.05) is 66.8 Å². The third-order valence-electron chi connectivity index (χ3n) is 12.9. The molecule has 5 amide bonds. The van der Waals surface area contributed by atoms with E-state index in [1.165, 1.54) is 0 Å². The molecule has 8 rings (SSSR count). The lowest BCUT2D eigenvalue weighted by Crippen LogP contribution is -2.74. The Morgan fingerprint density at radius 2 is 1.54 bits per heavy atom. The van der Waals surface area contributed by atoms with Crippen LogP contribution in [0.2, 0.25) is 5.02 Å². The Bertz CT molecular complexity index is 2160. The van der Waals surface area contributed by atoms with E-state index in [4.69, 9.17) is 16.3 Å². The number of fused-ring (bicyclic) bond motifs is 2. The number of amides is 5. The quantitative estimate of drug-likeness (QED) is 0.255. The molecule has 13 heteroatoms. The molecule has 0 spiro atoms. The van der Waals surface area contributed by atoms with Crippen molar-refractivity contribution in [3.63, 3.8) is 0 Å². The van der Waals surface area contributed by atoms with E-state index in [1.54, 1.807) is 18.2 Å². The minimum absolute atomic E-state index is 0.0970. The maximum Gasteiger partial charge on any atom is 0.262 e. The standard InChI is InChI=1S/C44H47ClN6O6/c1-43(2)41(44(3,4)42(43)57-31-10-7-27(22-46)34(45)21-31)48-37(53)26-5-8-30(9-6-26)50-17-14-25(15-18-50)13-16-49-23-28-19-32-33(20-29(28)24-49)40(56)51(39(32)55)35-11-12-36(52)47-38(35)54/h5-10,19-21,25,35,41-42H,11-18,23-24H2,1-4H3,(H,48,53)(H,47,52,54)/t35-,41?,42?/m1/s1. The normalized spacial score (nSPS) is 24.0. The molecular formula is C44H47ClN6O6. The van der Waals surface area contributed by atoms with E-state index in [-0.39, 0.29) is 47.6 Å².